The zero-order valence-electron chi connectivity index (χ0n) is 14.0. The molecule has 5 nitrogen and oxygen atoms in total. The number of hydrogen-bond acceptors (Lipinski definition) is 5. The molecule has 0 radical (unpaired) electrons. The van der Waals surface area contributed by atoms with Crippen LogP contribution in [0.5, 0.6) is 0 Å². The normalized spacial score (nSPS) is 18.3. The third-order valence-electron chi connectivity index (χ3n) is 4.50. The zero-order valence-corrected chi connectivity index (χ0v) is 14.0. The van der Waals surface area contributed by atoms with Crippen LogP contribution in [0.15, 0.2) is 42.5 Å². The second kappa shape index (κ2) is 6.93. The van der Waals surface area contributed by atoms with Crippen molar-refractivity contribution < 1.29 is 13.5 Å². The van der Waals surface area contributed by atoms with Crippen LogP contribution in [-0.2, 0) is 11.3 Å². The fourth-order valence-corrected chi connectivity index (χ4v) is 3.22. The molecular formula is C19H18F2N4O. The minimum atomic E-state index is -0.598. The van der Waals surface area contributed by atoms with Crippen LogP contribution in [0.4, 0.5) is 14.6 Å². The summed E-state index contributed by atoms with van der Waals surface area (Å²) in [6, 6.07) is 11.1. The van der Waals surface area contributed by atoms with Crippen molar-refractivity contribution in [3.05, 3.63) is 65.5 Å². The van der Waals surface area contributed by atoms with Gasteiger partial charge in [0.15, 0.2) is 0 Å². The average molecular weight is 356 g/mol. The third-order valence-corrected chi connectivity index (χ3v) is 4.50. The van der Waals surface area contributed by atoms with Gasteiger partial charge in [0.2, 0.25) is 0 Å². The summed E-state index contributed by atoms with van der Waals surface area (Å²) < 4.78 is 32.8. The van der Waals surface area contributed by atoms with Gasteiger partial charge in [-0.3, -0.25) is 4.90 Å². The highest BCUT2D eigenvalue weighted by Gasteiger charge is 2.25. The Kier molecular flexibility index (Phi) is 4.48. The standard InChI is InChI=1S/C19H18F2N4O/c20-12-5-6-13(15(21)9-12)17-10-25(7-8-26-17)11-18-23-16-4-2-1-3-14(16)19(22)24-18/h1-6,9,17H,7-8,10-11H2,(H2,22,23,24). The molecule has 2 N–H and O–H groups in total. The van der Waals surface area contributed by atoms with Crippen LogP contribution in [0, 0.1) is 11.6 Å². The molecule has 1 aromatic heterocycles. The van der Waals surface area contributed by atoms with E-state index < -0.39 is 17.7 Å². The van der Waals surface area contributed by atoms with E-state index in [1.165, 1.54) is 12.1 Å². The van der Waals surface area contributed by atoms with Crippen LogP contribution in [0.1, 0.15) is 17.5 Å². The maximum atomic E-state index is 14.0. The molecule has 0 spiro atoms. The number of rotatable bonds is 3. The molecule has 134 valence electrons. The van der Waals surface area contributed by atoms with E-state index in [0.717, 1.165) is 17.0 Å². The summed E-state index contributed by atoms with van der Waals surface area (Å²) in [7, 11) is 0. The first-order valence-electron chi connectivity index (χ1n) is 8.40. The van der Waals surface area contributed by atoms with Crippen molar-refractivity contribution in [3.63, 3.8) is 0 Å². The van der Waals surface area contributed by atoms with Gasteiger partial charge in [-0.2, -0.15) is 0 Å². The lowest BCUT2D eigenvalue weighted by molar-refractivity contribution is -0.0352. The van der Waals surface area contributed by atoms with Gasteiger partial charge in [0.25, 0.3) is 0 Å². The summed E-state index contributed by atoms with van der Waals surface area (Å²) in [6.45, 7) is 2.08. The summed E-state index contributed by atoms with van der Waals surface area (Å²) >= 11 is 0. The van der Waals surface area contributed by atoms with Crippen molar-refractivity contribution in [1.29, 1.82) is 0 Å². The summed E-state index contributed by atoms with van der Waals surface area (Å²) in [5.41, 5.74) is 7.19. The van der Waals surface area contributed by atoms with Crippen LogP contribution in [0.2, 0.25) is 0 Å². The number of nitrogens with zero attached hydrogens (tertiary/aromatic N) is 3. The topological polar surface area (TPSA) is 64.3 Å². The molecule has 1 saturated heterocycles. The third kappa shape index (κ3) is 3.36. The van der Waals surface area contributed by atoms with Crippen LogP contribution in [0.3, 0.4) is 0 Å². The molecule has 1 aliphatic rings. The number of fused-ring (bicyclic) bond motifs is 1. The SMILES string of the molecule is Nc1nc(CN2CCOC(c3ccc(F)cc3F)C2)nc2ccccc12. The van der Waals surface area contributed by atoms with E-state index in [-0.39, 0.29) is 0 Å². The van der Waals surface area contributed by atoms with Gasteiger partial charge in [0.05, 0.1) is 24.8 Å². The number of benzene rings is 2. The quantitative estimate of drug-likeness (QED) is 0.781. The lowest BCUT2D eigenvalue weighted by Gasteiger charge is -2.32. The monoisotopic (exact) mass is 356 g/mol. The van der Waals surface area contributed by atoms with Crippen molar-refractivity contribution in [2.75, 3.05) is 25.4 Å². The highest BCUT2D eigenvalue weighted by molar-refractivity contribution is 5.87. The van der Waals surface area contributed by atoms with Crippen LogP contribution in [-0.4, -0.2) is 34.6 Å². The van der Waals surface area contributed by atoms with Gasteiger partial charge in [-0.25, -0.2) is 18.7 Å². The highest BCUT2D eigenvalue weighted by Crippen LogP contribution is 2.26. The number of halogens is 2. The minimum Gasteiger partial charge on any atom is -0.383 e. The predicted octanol–water partition coefficient (Wildman–Crippen LogP) is 3.06. The molecule has 4 rings (SSSR count). The Bertz CT molecular complexity index is 950. The molecule has 1 atom stereocenters. The van der Waals surface area contributed by atoms with Gasteiger partial charge in [0, 0.05) is 30.1 Å². The molecule has 0 amide bonds. The average Bonchev–Trinajstić information content (AvgIpc) is 2.62. The van der Waals surface area contributed by atoms with E-state index in [0.29, 0.717) is 43.4 Å². The first-order valence-corrected chi connectivity index (χ1v) is 8.40. The molecule has 0 aliphatic carbocycles. The first-order chi connectivity index (χ1) is 12.6. The molecular weight excluding hydrogens is 338 g/mol. The van der Waals surface area contributed by atoms with Crippen molar-refractivity contribution in [1.82, 2.24) is 14.9 Å². The smallest absolute Gasteiger partial charge is 0.145 e. The van der Waals surface area contributed by atoms with Crippen LogP contribution < -0.4 is 5.73 Å². The molecule has 0 saturated carbocycles. The Hall–Kier alpha value is -2.64. The minimum absolute atomic E-state index is 0.357. The predicted molar refractivity (Wildman–Crippen MR) is 94.3 cm³/mol. The number of aromatic nitrogens is 2. The Morgan fingerprint density at radius 2 is 2.00 bits per heavy atom. The Morgan fingerprint density at radius 3 is 2.85 bits per heavy atom. The number of nitrogen functional groups attached to an aromatic ring is 1. The maximum absolute atomic E-state index is 14.0. The summed E-state index contributed by atoms with van der Waals surface area (Å²) in [4.78, 5) is 11.0. The largest absolute Gasteiger partial charge is 0.383 e. The van der Waals surface area contributed by atoms with Gasteiger partial charge < -0.3 is 10.5 Å². The zero-order chi connectivity index (χ0) is 18.1. The van der Waals surface area contributed by atoms with E-state index in [4.69, 9.17) is 10.5 Å². The molecule has 2 heterocycles. The van der Waals surface area contributed by atoms with E-state index in [9.17, 15) is 8.78 Å². The molecule has 2 aromatic carbocycles. The van der Waals surface area contributed by atoms with Crippen molar-refractivity contribution in [2.24, 2.45) is 0 Å². The summed E-state index contributed by atoms with van der Waals surface area (Å²) in [5.74, 6) is -0.136. The van der Waals surface area contributed by atoms with E-state index in [2.05, 4.69) is 14.9 Å². The first kappa shape index (κ1) is 16.8. The molecule has 1 fully saturated rings. The lowest BCUT2D eigenvalue weighted by atomic mass is 10.1. The molecule has 26 heavy (non-hydrogen) atoms. The fraction of sp³-hybridized carbons (Fsp3) is 0.263. The lowest BCUT2D eigenvalue weighted by Crippen LogP contribution is -2.38. The van der Waals surface area contributed by atoms with E-state index >= 15 is 0 Å². The molecule has 0 bridgehead atoms. The Balaban J connectivity index is 1.53. The highest BCUT2D eigenvalue weighted by atomic mass is 19.1. The number of para-hydroxylation sites is 1. The van der Waals surface area contributed by atoms with Gasteiger partial charge in [0.1, 0.15) is 23.3 Å². The van der Waals surface area contributed by atoms with Gasteiger partial charge in [-0.1, -0.05) is 18.2 Å². The summed E-state index contributed by atoms with van der Waals surface area (Å²) in [6.07, 6.45) is -0.456. The van der Waals surface area contributed by atoms with E-state index in [1.807, 2.05) is 24.3 Å². The van der Waals surface area contributed by atoms with Gasteiger partial charge in [-0.05, 0) is 18.2 Å². The second-order valence-corrected chi connectivity index (χ2v) is 6.30. The van der Waals surface area contributed by atoms with Crippen molar-refractivity contribution >= 4 is 16.7 Å². The van der Waals surface area contributed by atoms with Crippen molar-refractivity contribution in [3.8, 4) is 0 Å². The number of hydrogen-bond donors (Lipinski definition) is 1. The molecule has 1 aliphatic heterocycles. The van der Waals surface area contributed by atoms with Crippen molar-refractivity contribution in [2.45, 2.75) is 12.6 Å². The number of nitrogens with two attached hydrogens (primary N) is 1. The Morgan fingerprint density at radius 1 is 1.15 bits per heavy atom. The Labute approximate surface area is 149 Å². The number of ether oxygens (including phenoxy) is 1. The maximum Gasteiger partial charge on any atom is 0.145 e. The summed E-state index contributed by atoms with van der Waals surface area (Å²) in [5, 5.41) is 0.824. The van der Waals surface area contributed by atoms with Gasteiger partial charge >= 0.3 is 0 Å². The van der Waals surface area contributed by atoms with E-state index in [1.54, 1.807) is 0 Å². The van der Waals surface area contributed by atoms with Gasteiger partial charge in [-0.15, -0.1) is 0 Å². The van der Waals surface area contributed by atoms with Crippen LogP contribution >= 0.6 is 0 Å². The molecule has 7 heteroatoms. The van der Waals surface area contributed by atoms with Crippen LogP contribution in [0.25, 0.3) is 10.9 Å². The molecule has 3 aromatic rings. The molecule has 1 unspecified atom stereocenters. The fourth-order valence-electron chi connectivity index (χ4n) is 3.22. The number of morpholine rings is 1. The number of anilines is 1. The second-order valence-electron chi connectivity index (χ2n) is 6.30.